The van der Waals surface area contributed by atoms with E-state index in [2.05, 4.69) is 27.3 Å². The minimum atomic E-state index is -0.476. The molecule has 4 nitrogen and oxygen atoms in total. The lowest BCUT2D eigenvalue weighted by atomic mass is 10.0. The van der Waals surface area contributed by atoms with Gasteiger partial charge in [0.2, 0.25) is 0 Å². The molecule has 1 amide bonds. The van der Waals surface area contributed by atoms with Crippen molar-refractivity contribution < 1.29 is 9.21 Å². The number of furan rings is 1. The molecule has 0 spiro atoms. The van der Waals surface area contributed by atoms with Crippen LogP contribution in [0.4, 0.5) is 0 Å². The Hall–Kier alpha value is -1.28. The van der Waals surface area contributed by atoms with Crippen molar-refractivity contribution in [3.63, 3.8) is 0 Å². The van der Waals surface area contributed by atoms with Crippen molar-refractivity contribution in [2.24, 2.45) is 5.92 Å². The molecule has 0 bridgehead atoms. The van der Waals surface area contributed by atoms with Crippen LogP contribution in [0.2, 0.25) is 0 Å². The van der Waals surface area contributed by atoms with E-state index in [-0.39, 0.29) is 11.7 Å². The van der Waals surface area contributed by atoms with Crippen molar-refractivity contribution >= 4 is 21.8 Å². The van der Waals surface area contributed by atoms with Gasteiger partial charge in [-0.05, 0) is 40.4 Å². The fourth-order valence-corrected chi connectivity index (χ4v) is 1.59. The van der Waals surface area contributed by atoms with E-state index in [0.717, 1.165) is 0 Å². The first kappa shape index (κ1) is 12.8. The molecule has 0 fully saturated rings. The molecule has 1 atom stereocenters. The van der Waals surface area contributed by atoms with Crippen molar-refractivity contribution in [2.75, 3.05) is 0 Å². The molecule has 0 saturated heterocycles. The predicted molar refractivity (Wildman–Crippen MR) is 62.7 cm³/mol. The summed E-state index contributed by atoms with van der Waals surface area (Å²) in [6.45, 7) is 4.00. The molecule has 16 heavy (non-hydrogen) atoms. The summed E-state index contributed by atoms with van der Waals surface area (Å²) in [7, 11) is 0. The fraction of sp³-hybridized carbons (Fsp3) is 0.455. The average molecular weight is 285 g/mol. The van der Waals surface area contributed by atoms with Crippen molar-refractivity contribution in [3.05, 3.63) is 22.6 Å². The summed E-state index contributed by atoms with van der Waals surface area (Å²) in [4.78, 5) is 11.6. The second-order valence-corrected chi connectivity index (χ2v) is 4.67. The third-order valence-electron chi connectivity index (χ3n) is 1.97. The molecular formula is C11H13BrN2O2. The van der Waals surface area contributed by atoms with Crippen LogP contribution < -0.4 is 5.32 Å². The van der Waals surface area contributed by atoms with Crippen LogP contribution in [0.25, 0.3) is 0 Å². The normalized spacial score (nSPS) is 12.2. The Kier molecular flexibility index (Phi) is 4.56. The van der Waals surface area contributed by atoms with Gasteiger partial charge in [0.15, 0.2) is 10.4 Å². The standard InChI is InChI=1S/C11H13BrN2O2/c1-7(2)5-8(6-13)14-11(15)9-3-4-10(12)16-9/h3-4,7-8H,5H2,1-2H3,(H,14,15). The lowest BCUT2D eigenvalue weighted by molar-refractivity contribution is 0.0913. The van der Waals surface area contributed by atoms with Gasteiger partial charge >= 0.3 is 0 Å². The first-order chi connectivity index (χ1) is 7.52. The second kappa shape index (κ2) is 5.71. The molecular weight excluding hydrogens is 272 g/mol. The van der Waals surface area contributed by atoms with Gasteiger partial charge in [0.25, 0.3) is 5.91 Å². The molecule has 5 heteroatoms. The largest absolute Gasteiger partial charge is 0.444 e. The van der Waals surface area contributed by atoms with E-state index in [1.54, 1.807) is 12.1 Å². The SMILES string of the molecule is CC(C)CC(C#N)NC(=O)c1ccc(Br)o1. The highest BCUT2D eigenvalue weighted by molar-refractivity contribution is 9.10. The van der Waals surface area contributed by atoms with E-state index in [0.29, 0.717) is 17.0 Å². The number of nitrogens with one attached hydrogen (secondary N) is 1. The summed E-state index contributed by atoms with van der Waals surface area (Å²) >= 11 is 3.11. The second-order valence-electron chi connectivity index (χ2n) is 3.89. The molecule has 1 aromatic rings. The van der Waals surface area contributed by atoms with Crippen LogP contribution in [0.5, 0.6) is 0 Å². The molecule has 0 aliphatic rings. The molecule has 0 aliphatic heterocycles. The van der Waals surface area contributed by atoms with Crippen molar-refractivity contribution in [1.29, 1.82) is 5.26 Å². The van der Waals surface area contributed by atoms with Gasteiger partial charge in [-0.3, -0.25) is 4.79 Å². The van der Waals surface area contributed by atoms with Crippen LogP contribution in [0, 0.1) is 17.2 Å². The molecule has 1 heterocycles. The highest BCUT2D eigenvalue weighted by Crippen LogP contribution is 2.14. The Morgan fingerprint density at radius 3 is 2.75 bits per heavy atom. The number of carbonyl (C=O) groups excluding carboxylic acids is 1. The Morgan fingerprint density at radius 1 is 1.62 bits per heavy atom. The Bertz CT molecular complexity index is 406. The highest BCUT2D eigenvalue weighted by atomic mass is 79.9. The predicted octanol–water partition coefficient (Wildman–Crippen LogP) is 2.71. The lowest BCUT2D eigenvalue weighted by Gasteiger charge is -2.12. The monoisotopic (exact) mass is 284 g/mol. The zero-order valence-electron chi connectivity index (χ0n) is 9.16. The molecule has 1 unspecified atom stereocenters. The Labute approximate surface area is 103 Å². The Balaban J connectivity index is 2.60. The van der Waals surface area contributed by atoms with E-state index >= 15 is 0 Å². The summed E-state index contributed by atoms with van der Waals surface area (Å²) in [5.74, 6) is 0.196. The number of hydrogen-bond donors (Lipinski definition) is 1. The molecule has 86 valence electrons. The maximum atomic E-state index is 11.6. The number of carbonyl (C=O) groups is 1. The number of nitriles is 1. The van der Waals surface area contributed by atoms with E-state index in [1.807, 2.05) is 13.8 Å². The maximum Gasteiger partial charge on any atom is 0.288 e. The zero-order chi connectivity index (χ0) is 12.1. The summed E-state index contributed by atoms with van der Waals surface area (Å²) in [6, 6.07) is 4.78. The summed E-state index contributed by atoms with van der Waals surface area (Å²) in [5.41, 5.74) is 0. The number of amides is 1. The third kappa shape index (κ3) is 3.70. The zero-order valence-corrected chi connectivity index (χ0v) is 10.7. The van der Waals surface area contributed by atoms with Gasteiger partial charge < -0.3 is 9.73 Å². The molecule has 1 aromatic heterocycles. The molecule has 1 N–H and O–H groups in total. The van der Waals surface area contributed by atoms with E-state index in [4.69, 9.17) is 9.68 Å². The van der Waals surface area contributed by atoms with E-state index in [1.165, 1.54) is 0 Å². The van der Waals surface area contributed by atoms with Crippen LogP contribution >= 0.6 is 15.9 Å². The lowest BCUT2D eigenvalue weighted by Crippen LogP contribution is -2.34. The van der Waals surface area contributed by atoms with E-state index < -0.39 is 6.04 Å². The minimum Gasteiger partial charge on any atom is -0.444 e. The molecule has 0 aliphatic carbocycles. The van der Waals surface area contributed by atoms with Gasteiger partial charge in [0.05, 0.1) is 6.07 Å². The third-order valence-corrected chi connectivity index (χ3v) is 2.39. The average Bonchev–Trinajstić information content (AvgIpc) is 2.63. The van der Waals surface area contributed by atoms with Gasteiger partial charge in [-0.15, -0.1) is 0 Å². The molecule has 0 aromatic carbocycles. The number of halogens is 1. The van der Waals surface area contributed by atoms with Gasteiger partial charge in [0.1, 0.15) is 6.04 Å². The highest BCUT2D eigenvalue weighted by Gasteiger charge is 2.16. The number of rotatable bonds is 4. The van der Waals surface area contributed by atoms with Crippen LogP contribution in [0.3, 0.4) is 0 Å². The van der Waals surface area contributed by atoms with Crippen molar-refractivity contribution in [3.8, 4) is 6.07 Å². The van der Waals surface area contributed by atoms with Crippen molar-refractivity contribution in [1.82, 2.24) is 5.32 Å². The maximum absolute atomic E-state index is 11.6. The first-order valence-electron chi connectivity index (χ1n) is 4.98. The number of hydrogen-bond acceptors (Lipinski definition) is 3. The van der Waals surface area contributed by atoms with Crippen LogP contribution in [-0.4, -0.2) is 11.9 Å². The summed E-state index contributed by atoms with van der Waals surface area (Å²) < 4.78 is 5.59. The van der Waals surface area contributed by atoms with E-state index in [9.17, 15) is 4.79 Å². The van der Waals surface area contributed by atoms with Crippen LogP contribution in [0.1, 0.15) is 30.8 Å². The smallest absolute Gasteiger partial charge is 0.288 e. The first-order valence-corrected chi connectivity index (χ1v) is 5.78. The topological polar surface area (TPSA) is 66.0 Å². The van der Waals surface area contributed by atoms with Gasteiger partial charge in [0, 0.05) is 0 Å². The summed E-state index contributed by atoms with van der Waals surface area (Å²) in [6.07, 6.45) is 0.629. The molecule has 0 radical (unpaired) electrons. The fourth-order valence-electron chi connectivity index (χ4n) is 1.28. The van der Waals surface area contributed by atoms with Crippen LogP contribution in [-0.2, 0) is 0 Å². The molecule has 1 rings (SSSR count). The van der Waals surface area contributed by atoms with Gasteiger partial charge in [-0.1, -0.05) is 13.8 Å². The number of nitrogens with zero attached hydrogens (tertiary/aromatic N) is 1. The summed E-state index contributed by atoms with van der Waals surface area (Å²) in [5, 5.41) is 11.5. The molecule has 0 saturated carbocycles. The quantitative estimate of drug-likeness (QED) is 0.924. The van der Waals surface area contributed by atoms with Crippen LogP contribution in [0.15, 0.2) is 21.2 Å². The minimum absolute atomic E-state index is 0.205. The van der Waals surface area contributed by atoms with Gasteiger partial charge in [-0.25, -0.2) is 0 Å². The van der Waals surface area contributed by atoms with Crippen molar-refractivity contribution in [2.45, 2.75) is 26.3 Å². The van der Waals surface area contributed by atoms with Gasteiger partial charge in [-0.2, -0.15) is 5.26 Å². The Morgan fingerprint density at radius 2 is 2.31 bits per heavy atom.